The maximum Gasteiger partial charge on any atom is 0.360 e. The van der Waals surface area contributed by atoms with Gasteiger partial charge in [0, 0.05) is 24.2 Å². The molecule has 2 saturated carbocycles. The van der Waals surface area contributed by atoms with Gasteiger partial charge in [-0.3, -0.25) is 9.69 Å². The van der Waals surface area contributed by atoms with Gasteiger partial charge >= 0.3 is 5.97 Å². The first-order valence-electron chi connectivity index (χ1n) is 13.7. The molecule has 1 aromatic carbocycles. The molecular weight excluding hydrogens is 456 g/mol. The number of piperidine rings is 1. The summed E-state index contributed by atoms with van der Waals surface area (Å²) in [7, 11) is 1.28. The van der Waals surface area contributed by atoms with Crippen LogP contribution >= 0.6 is 0 Å². The van der Waals surface area contributed by atoms with E-state index in [1.165, 1.54) is 64.9 Å². The van der Waals surface area contributed by atoms with E-state index in [9.17, 15) is 14.7 Å². The molecule has 2 aliphatic heterocycles. The Morgan fingerprint density at radius 1 is 0.944 bits per heavy atom. The smallest absolute Gasteiger partial charge is 0.360 e. The van der Waals surface area contributed by atoms with Crippen molar-refractivity contribution < 1.29 is 14.7 Å². The molecule has 2 unspecified atom stereocenters. The van der Waals surface area contributed by atoms with Crippen molar-refractivity contribution in [3.63, 3.8) is 0 Å². The Morgan fingerprint density at radius 2 is 1.61 bits per heavy atom. The Bertz CT molecular complexity index is 1210. The average Bonchev–Trinajstić information content (AvgIpc) is 3.02. The highest BCUT2D eigenvalue weighted by atomic mass is 16.6. The van der Waals surface area contributed by atoms with Crippen molar-refractivity contribution in [1.82, 2.24) is 14.5 Å². The number of aromatic nitrogens is 2. The summed E-state index contributed by atoms with van der Waals surface area (Å²) in [4.78, 5) is 37.7. The summed E-state index contributed by atoms with van der Waals surface area (Å²) in [6, 6.07) is 9.17. The molecule has 4 fully saturated rings. The van der Waals surface area contributed by atoms with Crippen LogP contribution in [0.4, 0.5) is 0 Å². The number of carbonyl (C=O) groups is 1. The van der Waals surface area contributed by atoms with Gasteiger partial charge in [0.15, 0.2) is 5.69 Å². The van der Waals surface area contributed by atoms with Gasteiger partial charge in [-0.15, -0.1) is 0 Å². The quantitative estimate of drug-likeness (QED) is 0.492. The van der Waals surface area contributed by atoms with Crippen LogP contribution in [0.1, 0.15) is 82.4 Å². The van der Waals surface area contributed by atoms with Crippen molar-refractivity contribution in [2.24, 2.45) is 17.0 Å². The molecule has 36 heavy (non-hydrogen) atoms. The summed E-state index contributed by atoms with van der Waals surface area (Å²) in [5, 5.41) is 13.3. The zero-order valence-corrected chi connectivity index (χ0v) is 21.0. The zero-order valence-electron chi connectivity index (χ0n) is 21.0. The van der Waals surface area contributed by atoms with Crippen LogP contribution in [-0.4, -0.2) is 56.5 Å². The van der Waals surface area contributed by atoms with Crippen LogP contribution in [0.15, 0.2) is 34.2 Å². The highest BCUT2D eigenvalue weighted by Gasteiger charge is 2.47. The number of oxime groups is 1. The predicted molar refractivity (Wildman–Crippen MR) is 137 cm³/mol. The van der Waals surface area contributed by atoms with Crippen molar-refractivity contribution in [2.45, 2.75) is 94.8 Å². The number of carboxylic acids is 1. The van der Waals surface area contributed by atoms with Crippen LogP contribution in [0.5, 0.6) is 0 Å². The molecule has 1 N–H and O–H groups in total. The highest BCUT2D eigenvalue weighted by Crippen LogP contribution is 2.47. The fourth-order valence-corrected chi connectivity index (χ4v) is 8.05. The fraction of sp³-hybridized carbons (Fsp3) is 0.643. The van der Waals surface area contributed by atoms with Crippen molar-refractivity contribution in [3.05, 3.63) is 40.3 Å². The van der Waals surface area contributed by atoms with E-state index in [4.69, 9.17) is 4.84 Å². The molecule has 192 valence electrons. The summed E-state index contributed by atoms with van der Waals surface area (Å²) in [5.41, 5.74) is 0.355. The lowest BCUT2D eigenvalue weighted by atomic mass is 9.76. The van der Waals surface area contributed by atoms with Crippen molar-refractivity contribution in [3.8, 4) is 0 Å². The van der Waals surface area contributed by atoms with Gasteiger partial charge in [0.2, 0.25) is 5.71 Å². The minimum absolute atomic E-state index is 0.0151. The Hall–Kier alpha value is -2.74. The third-order valence-corrected chi connectivity index (χ3v) is 9.31. The van der Waals surface area contributed by atoms with Crippen LogP contribution in [0, 0.1) is 11.8 Å². The lowest BCUT2D eigenvalue weighted by Crippen LogP contribution is -2.52. The molecule has 2 saturated heterocycles. The topological polar surface area (TPSA) is 97.0 Å². The Balaban J connectivity index is 1.34. The fourth-order valence-electron chi connectivity index (χ4n) is 8.05. The zero-order chi connectivity index (χ0) is 24.8. The first kappa shape index (κ1) is 23.6. The van der Waals surface area contributed by atoms with E-state index >= 15 is 0 Å². The van der Waals surface area contributed by atoms with Crippen LogP contribution in [-0.2, 0) is 9.63 Å². The molecule has 8 heteroatoms. The number of nitrogens with zero attached hydrogens (tertiary/aromatic N) is 4. The molecule has 0 radical (unpaired) electrons. The summed E-state index contributed by atoms with van der Waals surface area (Å²) in [5.74, 6) is 0.450. The number of para-hydroxylation sites is 2. The molecular formula is C28H36N4O4. The third kappa shape index (κ3) is 4.13. The third-order valence-electron chi connectivity index (χ3n) is 9.31. The van der Waals surface area contributed by atoms with Gasteiger partial charge in [0.05, 0.1) is 11.0 Å². The van der Waals surface area contributed by atoms with Crippen molar-refractivity contribution in [2.75, 3.05) is 7.11 Å². The van der Waals surface area contributed by atoms with Gasteiger partial charge in [-0.05, 0) is 68.9 Å². The molecule has 5 atom stereocenters. The number of fused-ring (bicyclic) bond motifs is 5. The summed E-state index contributed by atoms with van der Waals surface area (Å²) in [6.45, 7) is 0. The standard InChI is InChI=1S/C28H36N4O4/c1-36-30-26(28(34)35)25-27(33)32(24-9-5-4-8-23(24)29-25)22-15-19-10-11-20(16-22)31(19)21-13-17-6-2-3-7-18(12-17)14-21/h4-5,8-9,17-22H,2-3,6-7,10-16H2,1H3,(H,34,35)/b30-26-/t17?,18?,19-,20+,21?,22+. The molecule has 0 amide bonds. The van der Waals surface area contributed by atoms with Crippen LogP contribution in [0.2, 0.25) is 0 Å². The molecule has 4 aliphatic rings. The van der Waals surface area contributed by atoms with Gasteiger partial charge in [0.1, 0.15) is 7.11 Å². The van der Waals surface area contributed by atoms with E-state index in [0.717, 1.165) is 30.2 Å². The van der Waals surface area contributed by atoms with Gasteiger partial charge in [0.25, 0.3) is 5.56 Å². The molecule has 1 aromatic heterocycles. The van der Waals surface area contributed by atoms with Crippen molar-refractivity contribution >= 4 is 22.7 Å². The second-order valence-electron chi connectivity index (χ2n) is 11.4. The molecule has 2 aliphatic carbocycles. The molecule has 2 aromatic rings. The van der Waals surface area contributed by atoms with E-state index in [2.05, 4.69) is 15.0 Å². The van der Waals surface area contributed by atoms with Crippen LogP contribution in [0.25, 0.3) is 11.0 Å². The van der Waals surface area contributed by atoms with Gasteiger partial charge in [-0.1, -0.05) is 43.0 Å². The minimum atomic E-state index is -1.32. The van der Waals surface area contributed by atoms with E-state index in [1.807, 2.05) is 28.8 Å². The predicted octanol–water partition coefficient (Wildman–Crippen LogP) is 4.36. The largest absolute Gasteiger partial charge is 0.476 e. The number of aliphatic carboxylic acids is 1. The SMILES string of the molecule is CO/N=C(\C(=O)O)c1nc2ccccc2n([C@H]2C[C@H]3CC[C@@H](C2)N3C2CC3CCCCC(C3)C2)c1=O. The van der Waals surface area contributed by atoms with Crippen LogP contribution in [0.3, 0.4) is 0 Å². The Kier molecular flexibility index (Phi) is 6.32. The maximum absolute atomic E-state index is 13.8. The molecule has 0 spiro atoms. The Morgan fingerprint density at radius 3 is 2.25 bits per heavy atom. The summed E-state index contributed by atoms with van der Waals surface area (Å²) in [6.07, 6.45) is 13.9. The van der Waals surface area contributed by atoms with Crippen LogP contribution < -0.4 is 5.56 Å². The van der Waals surface area contributed by atoms with Gasteiger partial charge in [-0.25, -0.2) is 9.78 Å². The summed E-state index contributed by atoms with van der Waals surface area (Å²) < 4.78 is 1.81. The first-order valence-corrected chi connectivity index (χ1v) is 13.7. The second-order valence-corrected chi connectivity index (χ2v) is 11.4. The number of rotatable bonds is 5. The van der Waals surface area contributed by atoms with Gasteiger partial charge in [-0.2, -0.15) is 0 Å². The Labute approximate surface area is 211 Å². The number of hydrogen-bond donors (Lipinski definition) is 1. The van der Waals surface area contributed by atoms with E-state index in [-0.39, 0.29) is 11.7 Å². The number of hydrogen-bond acceptors (Lipinski definition) is 6. The summed E-state index contributed by atoms with van der Waals surface area (Å²) >= 11 is 0. The molecule has 3 heterocycles. The van der Waals surface area contributed by atoms with Gasteiger partial charge < -0.3 is 14.5 Å². The first-order chi connectivity index (χ1) is 17.5. The molecule has 8 nitrogen and oxygen atoms in total. The minimum Gasteiger partial charge on any atom is -0.476 e. The second kappa shape index (κ2) is 9.61. The normalized spacial score (nSPS) is 32.9. The van der Waals surface area contributed by atoms with Crippen molar-refractivity contribution in [1.29, 1.82) is 0 Å². The highest BCUT2D eigenvalue weighted by molar-refractivity contribution is 6.41. The monoisotopic (exact) mass is 492 g/mol. The maximum atomic E-state index is 13.8. The van der Waals surface area contributed by atoms with E-state index < -0.39 is 17.2 Å². The molecule has 4 bridgehead atoms. The number of benzene rings is 1. The average molecular weight is 493 g/mol. The van der Waals surface area contributed by atoms with E-state index in [1.54, 1.807) is 0 Å². The number of carboxylic acid groups (broad SMARTS) is 1. The van der Waals surface area contributed by atoms with E-state index in [0.29, 0.717) is 23.6 Å². The lowest BCUT2D eigenvalue weighted by Gasteiger charge is -2.48. The molecule has 6 rings (SSSR count). The lowest BCUT2D eigenvalue weighted by molar-refractivity contribution is -0.129.